The molecule has 1 saturated carbocycles. The Morgan fingerprint density at radius 2 is 2.15 bits per heavy atom. The molecule has 0 spiro atoms. The molecule has 2 heteroatoms. The van der Waals surface area contributed by atoms with Crippen molar-refractivity contribution in [3.05, 3.63) is 35.4 Å². The summed E-state index contributed by atoms with van der Waals surface area (Å²) in [6, 6.07) is 8.21. The molecular weight excluding hydrogens is 164 g/mol. The number of hydrogen-bond donors (Lipinski definition) is 1. The van der Waals surface area contributed by atoms with Gasteiger partial charge in [0.2, 0.25) is 0 Å². The summed E-state index contributed by atoms with van der Waals surface area (Å²) in [5, 5.41) is 8.88. The molecule has 66 valence electrons. The number of fused-ring (bicyclic) bond motifs is 3. The Kier molecular flexibility index (Phi) is 1.17. The van der Waals surface area contributed by atoms with Crippen molar-refractivity contribution in [3.8, 4) is 0 Å². The van der Waals surface area contributed by atoms with Crippen LogP contribution < -0.4 is 0 Å². The summed E-state index contributed by atoms with van der Waals surface area (Å²) < 4.78 is 0. The minimum Gasteiger partial charge on any atom is -0.481 e. The zero-order chi connectivity index (χ0) is 9.00. The second-order valence-corrected chi connectivity index (χ2v) is 3.96. The first-order valence-corrected chi connectivity index (χ1v) is 4.59. The summed E-state index contributed by atoms with van der Waals surface area (Å²) in [5.74, 6) is 0.0167. The van der Waals surface area contributed by atoms with Crippen molar-refractivity contribution in [1.82, 2.24) is 0 Å². The first-order chi connectivity index (χ1) is 6.29. The van der Waals surface area contributed by atoms with Crippen molar-refractivity contribution in [2.24, 2.45) is 11.8 Å². The van der Waals surface area contributed by atoms with Crippen LogP contribution in [0.3, 0.4) is 0 Å². The van der Waals surface area contributed by atoms with E-state index < -0.39 is 5.97 Å². The molecule has 0 radical (unpaired) electrons. The molecule has 3 atom stereocenters. The third kappa shape index (κ3) is 0.804. The third-order valence-electron chi connectivity index (χ3n) is 3.32. The summed E-state index contributed by atoms with van der Waals surface area (Å²) in [6.45, 7) is 0. The van der Waals surface area contributed by atoms with Gasteiger partial charge in [-0.3, -0.25) is 4.79 Å². The largest absolute Gasteiger partial charge is 0.481 e. The monoisotopic (exact) mass is 174 g/mol. The summed E-state index contributed by atoms with van der Waals surface area (Å²) in [7, 11) is 0. The van der Waals surface area contributed by atoms with Crippen LogP contribution in [0.25, 0.3) is 0 Å². The zero-order valence-electron chi connectivity index (χ0n) is 7.10. The van der Waals surface area contributed by atoms with E-state index in [1.165, 1.54) is 11.1 Å². The standard InChI is InChI=1S/C11H10O2/c12-11(13)10-8-5-6-3-1-2-4-7(6)9(8)10/h1-4,8-10H,5H2,(H,12,13)/t8-,9-,10-/m1/s1. The van der Waals surface area contributed by atoms with E-state index in [0.717, 1.165) is 6.42 Å². The smallest absolute Gasteiger partial charge is 0.307 e. The van der Waals surface area contributed by atoms with E-state index in [-0.39, 0.29) is 5.92 Å². The molecule has 1 fully saturated rings. The average molecular weight is 174 g/mol. The molecule has 0 amide bonds. The Balaban J connectivity index is 1.99. The van der Waals surface area contributed by atoms with Crippen molar-refractivity contribution >= 4 is 5.97 Å². The molecule has 1 N–H and O–H groups in total. The molecule has 0 heterocycles. The van der Waals surface area contributed by atoms with E-state index in [1.807, 2.05) is 12.1 Å². The Labute approximate surface area is 76.2 Å². The Bertz CT molecular complexity index is 383. The van der Waals surface area contributed by atoms with Gasteiger partial charge in [0.05, 0.1) is 5.92 Å². The van der Waals surface area contributed by atoms with E-state index in [1.54, 1.807) is 0 Å². The van der Waals surface area contributed by atoms with Crippen LogP contribution in [0.2, 0.25) is 0 Å². The van der Waals surface area contributed by atoms with Gasteiger partial charge in [0, 0.05) is 5.92 Å². The summed E-state index contributed by atoms with van der Waals surface area (Å²) >= 11 is 0. The van der Waals surface area contributed by atoms with Gasteiger partial charge in [-0.25, -0.2) is 0 Å². The molecule has 0 unspecified atom stereocenters. The van der Waals surface area contributed by atoms with Crippen molar-refractivity contribution < 1.29 is 9.90 Å². The van der Waals surface area contributed by atoms with Crippen LogP contribution in [0, 0.1) is 11.8 Å². The van der Waals surface area contributed by atoms with E-state index >= 15 is 0 Å². The molecule has 1 aromatic carbocycles. The maximum Gasteiger partial charge on any atom is 0.307 e. The molecule has 0 saturated heterocycles. The van der Waals surface area contributed by atoms with Crippen LogP contribution in [0.1, 0.15) is 17.0 Å². The Hall–Kier alpha value is -1.31. The van der Waals surface area contributed by atoms with E-state index in [4.69, 9.17) is 5.11 Å². The fourth-order valence-corrected chi connectivity index (χ4v) is 2.69. The Morgan fingerprint density at radius 3 is 2.92 bits per heavy atom. The highest BCUT2D eigenvalue weighted by Crippen LogP contribution is 2.61. The first-order valence-electron chi connectivity index (χ1n) is 4.59. The predicted octanol–water partition coefficient (Wildman–Crippen LogP) is 1.66. The van der Waals surface area contributed by atoms with Gasteiger partial charge in [-0.05, 0) is 23.5 Å². The van der Waals surface area contributed by atoms with Crippen LogP contribution >= 0.6 is 0 Å². The minimum atomic E-state index is -0.621. The Morgan fingerprint density at radius 1 is 1.38 bits per heavy atom. The van der Waals surface area contributed by atoms with Crippen LogP contribution in [-0.4, -0.2) is 11.1 Å². The number of hydrogen-bond acceptors (Lipinski definition) is 1. The van der Waals surface area contributed by atoms with Crippen molar-refractivity contribution in [2.45, 2.75) is 12.3 Å². The summed E-state index contributed by atoms with van der Waals surface area (Å²) in [5.41, 5.74) is 2.63. The lowest BCUT2D eigenvalue weighted by Crippen LogP contribution is -2.04. The number of aliphatic carboxylic acids is 1. The predicted molar refractivity (Wildman–Crippen MR) is 47.5 cm³/mol. The highest BCUT2D eigenvalue weighted by molar-refractivity contribution is 5.77. The van der Waals surface area contributed by atoms with Crippen molar-refractivity contribution in [1.29, 1.82) is 0 Å². The lowest BCUT2D eigenvalue weighted by atomic mass is 10.0. The lowest BCUT2D eigenvalue weighted by molar-refractivity contribution is -0.139. The number of carbonyl (C=O) groups is 1. The molecular formula is C11H10O2. The molecule has 0 aromatic heterocycles. The SMILES string of the molecule is O=C(O)[C@@H]1[C@@H]2Cc3ccccc3[C@H]21. The van der Waals surface area contributed by atoms with Gasteiger partial charge in [-0.15, -0.1) is 0 Å². The summed E-state index contributed by atoms with van der Waals surface area (Å²) in [6.07, 6.45) is 0.970. The topological polar surface area (TPSA) is 37.3 Å². The number of carboxylic acids is 1. The van der Waals surface area contributed by atoms with Gasteiger partial charge in [-0.1, -0.05) is 24.3 Å². The van der Waals surface area contributed by atoms with Crippen molar-refractivity contribution in [2.75, 3.05) is 0 Å². The van der Waals surface area contributed by atoms with E-state index in [9.17, 15) is 4.79 Å². The van der Waals surface area contributed by atoms with Gasteiger partial charge in [0.25, 0.3) is 0 Å². The van der Waals surface area contributed by atoms with Crippen LogP contribution in [0.4, 0.5) is 0 Å². The summed E-state index contributed by atoms with van der Waals surface area (Å²) in [4.78, 5) is 10.8. The number of rotatable bonds is 1. The highest BCUT2D eigenvalue weighted by Gasteiger charge is 2.59. The fraction of sp³-hybridized carbons (Fsp3) is 0.364. The number of benzene rings is 1. The normalized spacial score (nSPS) is 33.7. The third-order valence-corrected chi connectivity index (χ3v) is 3.32. The van der Waals surface area contributed by atoms with Gasteiger partial charge >= 0.3 is 5.97 Å². The minimum absolute atomic E-state index is 0.0881. The van der Waals surface area contributed by atoms with Crippen molar-refractivity contribution in [3.63, 3.8) is 0 Å². The average Bonchev–Trinajstić information content (AvgIpc) is 2.71. The van der Waals surface area contributed by atoms with Gasteiger partial charge in [-0.2, -0.15) is 0 Å². The molecule has 1 aromatic rings. The van der Waals surface area contributed by atoms with Gasteiger partial charge < -0.3 is 5.11 Å². The maximum atomic E-state index is 10.8. The molecule has 2 nitrogen and oxygen atoms in total. The molecule has 0 aliphatic heterocycles. The molecule has 2 aliphatic carbocycles. The molecule has 0 bridgehead atoms. The molecule has 3 rings (SSSR count). The lowest BCUT2D eigenvalue weighted by Gasteiger charge is -2.03. The highest BCUT2D eigenvalue weighted by atomic mass is 16.4. The molecule has 2 aliphatic rings. The van der Waals surface area contributed by atoms with Gasteiger partial charge in [0.15, 0.2) is 0 Å². The first kappa shape index (κ1) is 7.13. The van der Waals surface area contributed by atoms with Crippen LogP contribution in [0.5, 0.6) is 0 Å². The number of carboxylic acid groups (broad SMARTS) is 1. The van der Waals surface area contributed by atoms with Gasteiger partial charge in [0.1, 0.15) is 0 Å². The van der Waals surface area contributed by atoms with E-state index in [0.29, 0.717) is 11.8 Å². The second-order valence-electron chi connectivity index (χ2n) is 3.96. The second kappa shape index (κ2) is 2.13. The van der Waals surface area contributed by atoms with E-state index in [2.05, 4.69) is 12.1 Å². The van der Waals surface area contributed by atoms with Crippen LogP contribution in [-0.2, 0) is 11.2 Å². The quantitative estimate of drug-likeness (QED) is 0.703. The molecule has 13 heavy (non-hydrogen) atoms. The zero-order valence-corrected chi connectivity index (χ0v) is 7.10. The van der Waals surface area contributed by atoms with Crippen LogP contribution in [0.15, 0.2) is 24.3 Å². The maximum absolute atomic E-state index is 10.8. The fourth-order valence-electron chi connectivity index (χ4n) is 2.69.